The maximum absolute atomic E-state index is 12.6. The van der Waals surface area contributed by atoms with Gasteiger partial charge < -0.3 is 14.8 Å². The van der Waals surface area contributed by atoms with E-state index in [1.807, 2.05) is 68.4 Å². The molecule has 7 nitrogen and oxygen atoms in total. The number of fused-ring (bicyclic) bond motifs is 1. The van der Waals surface area contributed by atoms with Crippen LogP contribution in [0, 0.1) is 0 Å². The van der Waals surface area contributed by atoms with Crippen molar-refractivity contribution in [2.24, 2.45) is 0 Å². The first-order valence-electron chi connectivity index (χ1n) is 10.7. The van der Waals surface area contributed by atoms with E-state index in [0.717, 1.165) is 29.1 Å². The number of carbonyl (C=O) groups excluding carboxylic acids is 1. The molecule has 0 saturated heterocycles. The summed E-state index contributed by atoms with van der Waals surface area (Å²) in [4.78, 5) is 14.2. The number of benzene rings is 3. The van der Waals surface area contributed by atoms with Crippen molar-refractivity contribution in [1.29, 1.82) is 0 Å². The number of nitrogens with zero attached hydrogens (tertiary/aromatic N) is 3. The molecule has 1 amide bonds. The fraction of sp³-hybridized carbons (Fsp3) is 0.240. The summed E-state index contributed by atoms with van der Waals surface area (Å²) in [6.07, 6.45) is 1.06. The van der Waals surface area contributed by atoms with Gasteiger partial charge in [-0.2, -0.15) is 4.80 Å². The highest BCUT2D eigenvalue weighted by atomic mass is 16.5. The molecule has 3 aromatic carbocycles. The third-order valence-corrected chi connectivity index (χ3v) is 5.05. The van der Waals surface area contributed by atoms with Gasteiger partial charge in [0.15, 0.2) is 0 Å². The molecule has 0 fully saturated rings. The largest absolute Gasteiger partial charge is 0.494 e. The van der Waals surface area contributed by atoms with Gasteiger partial charge in [0.25, 0.3) is 5.91 Å². The van der Waals surface area contributed by atoms with Crippen LogP contribution in [0.25, 0.3) is 16.7 Å². The second kappa shape index (κ2) is 9.51. The molecule has 0 radical (unpaired) electrons. The van der Waals surface area contributed by atoms with Crippen molar-refractivity contribution < 1.29 is 14.3 Å². The lowest BCUT2D eigenvalue weighted by molar-refractivity contribution is 0.102. The fourth-order valence-electron chi connectivity index (χ4n) is 3.15. The second-order valence-electron chi connectivity index (χ2n) is 7.44. The number of hydrogen-bond acceptors (Lipinski definition) is 5. The van der Waals surface area contributed by atoms with Crippen molar-refractivity contribution in [3.05, 3.63) is 72.3 Å². The van der Waals surface area contributed by atoms with Crippen LogP contribution in [0.5, 0.6) is 11.5 Å². The van der Waals surface area contributed by atoms with E-state index >= 15 is 0 Å². The van der Waals surface area contributed by atoms with Crippen molar-refractivity contribution in [3.8, 4) is 17.2 Å². The maximum Gasteiger partial charge on any atom is 0.255 e. The Balaban J connectivity index is 1.47. The van der Waals surface area contributed by atoms with Gasteiger partial charge in [-0.3, -0.25) is 4.79 Å². The molecule has 0 aliphatic carbocycles. The first kappa shape index (κ1) is 21.4. The van der Waals surface area contributed by atoms with E-state index in [2.05, 4.69) is 22.4 Å². The van der Waals surface area contributed by atoms with Crippen molar-refractivity contribution in [3.63, 3.8) is 0 Å². The van der Waals surface area contributed by atoms with Gasteiger partial charge in [0, 0.05) is 11.3 Å². The standard InChI is InChI=1S/C25H26N4O3/c1-4-17(3)32-22-11-6-18(7-12-22)25(30)26-19-8-15-23-24(16-19)28-29(27-23)20-9-13-21(14-10-20)31-5-2/h6-17H,4-5H2,1-3H3,(H,26,30). The average molecular weight is 431 g/mol. The Morgan fingerprint density at radius 2 is 1.62 bits per heavy atom. The summed E-state index contributed by atoms with van der Waals surface area (Å²) in [5, 5.41) is 12.0. The van der Waals surface area contributed by atoms with Crippen molar-refractivity contribution in [1.82, 2.24) is 15.0 Å². The highest BCUT2D eigenvalue weighted by Gasteiger charge is 2.10. The highest BCUT2D eigenvalue weighted by molar-refractivity contribution is 6.05. The summed E-state index contributed by atoms with van der Waals surface area (Å²) < 4.78 is 11.2. The Labute approximate surface area is 187 Å². The molecule has 1 atom stereocenters. The monoisotopic (exact) mass is 430 g/mol. The van der Waals surface area contributed by atoms with Gasteiger partial charge in [-0.15, -0.1) is 10.2 Å². The van der Waals surface area contributed by atoms with Gasteiger partial charge in [-0.25, -0.2) is 0 Å². The minimum Gasteiger partial charge on any atom is -0.494 e. The van der Waals surface area contributed by atoms with Gasteiger partial charge in [0.2, 0.25) is 0 Å². The maximum atomic E-state index is 12.6. The molecule has 32 heavy (non-hydrogen) atoms. The average Bonchev–Trinajstić information content (AvgIpc) is 3.23. The van der Waals surface area contributed by atoms with Crippen LogP contribution in [0.3, 0.4) is 0 Å². The summed E-state index contributed by atoms with van der Waals surface area (Å²) in [5.41, 5.74) is 3.47. The summed E-state index contributed by atoms with van der Waals surface area (Å²) >= 11 is 0. The summed E-state index contributed by atoms with van der Waals surface area (Å²) in [6.45, 7) is 6.65. The van der Waals surface area contributed by atoms with E-state index in [-0.39, 0.29) is 12.0 Å². The van der Waals surface area contributed by atoms with Crippen LogP contribution >= 0.6 is 0 Å². The number of nitrogens with one attached hydrogen (secondary N) is 1. The number of hydrogen-bond donors (Lipinski definition) is 1. The van der Waals surface area contributed by atoms with Crippen molar-refractivity contribution in [2.45, 2.75) is 33.3 Å². The molecule has 0 bridgehead atoms. The minimum absolute atomic E-state index is 0.137. The van der Waals surface area contributed by atoms with E-state index in [1.54, 1.807) is 16.9 Å². The molecule has 0 saturated carbocycles. The molecule has 0 aliphatic rings. The van der Waals surface area contributed by atoms with Crippen LogP contribution in [0.2, 0.25) is 0 Å². The highest BCUT2D eigenvalue weighted by Crippen LogP contribution is 2.21. The lowest BCUT2D eigenvalue weighted by Crippen LogP contribution is -2.12. The third kappa shape index (κ3) is 4.88. The number of rotatable bonds is 8. The molecule has 4 rings (SSSR count). The van der Waals surface area contributed by atoms with Crippen molar-refractivity contribution >= 4 is 22.6 Å². The first-order valence-corrected chi connectivity index (χ1v) is 10.7. The Bertz CT molecular complexity index is 1200. The van der Waals surface area contributed by atoms with Crippen LogP contribution in [-0.4, -0.2) is 33.6 Å². The number of amides is 1. The zero-order valence-corrected chi connectivity index (χ0v) is 18.4. The Morgan fingerprint density at radius 3 is 2.31 bits per heavy atom. The molecule has 164 valence electrons. The van der Waals surface area contributed by atoms with Crippen LogP contribution in [0.4, 0.5) is 5.69 Å². The molecule has 0 spiro atoms. The number of anilines is 1. The summed E-state index contributed by atoms with van der Waals surface area (Å²) in [6, 6.07) is 20.2. The Kier molecular flexibility index (Phi) is 6.35. The molecular formula is C25H26N4O3. The SMILES string of the molecule is CCOc1ccc(-n2nc3ccc(NC(=O)c4ccc(OC(C)CC)cc4)cc3n2)cc1. The molecular weight excluding hydrogens is 404 g/mol. The molecule has 4 aromatic rings. The van der Waals surface area contributed by atoms with Gasteiger partial charge >= 0.3 is 0 Å². The Hall–Kier alpha value is -3.87. The lowest BCUT2D eigenvalue weighted by atomic mass is 10.2. The quantitative estimate of drug-likeness (QED) is 0.413. The fourth-order valence-corrected chi connectivity index (χ4v) is 3.15. The summed E-state index contributed by atoms with van der Waals surface area (Å²) in [5.74, 6) is 1.36. The van der Waals surface area contributed by atoms with Gasteiger partial charge in [0.05, 0.1) is 18.4 Å². The second-order valence-corrected chi connectivity index (χ2v) is 7.44. The van der Waals surface area contributed by atoms with E-state index in [0.29, 0.717) is 23.4 Å². The molecule has 0 aliphatic heterocycles. The van der Waals surface area contributed by atoms with E-state index in [1.165, 1.54) is 0 Å². The van der Waals surface area contributed by atoms with E-state index in [9.17, 15) is 4.79 Å². The topological polar surface area (TPSA) is 78.3 Å². The lowest BCUT2D eigenvalue weighted by Gasteiger charge is -2.12. The molecule has 7 heteroatoms. The smallest absolute Gasteiger partial charge is 0.255 e. The third-order valence-electron chi connectivity index (χ3n) is 5.05. The predicted octanol–water partition coefficient (Wildman–Crippen LogP) is 5.25. The zero-order chi connectivity index (χ0) is 22.5. The van der Waals surface area contributed by atoms with E-state index in [4.69, 9.17) is 9.47 Å². The first-order chi connectivity index (χ1) is 15.6. The molecule has 1 unspecified atom stereocenters. The molecule has 1 aromatic heterocycles. The predicted molar refractivity (Wildman–Crippen MR) is 125 cm³/mol. The van der Waals surface area contributed by atoms with Crippen LogP contribution in [-0.2, 0) is 0 Å². The minimum atomic E-state index is -0.196. The van der Waals surface area contributed by atoms with Gasteiger partial charge in [-0.1, -0.05) is 6.92 Å². The van der Waals surface area contributed by atoms with E-state index < -0.39 is 0 Å². The van der Waals surface area contributed by atoms with Crippen LogP contribution in [0.15, 0.2) is 66.7 Å². The number of carbonyl (C=O) groups is 1. The summed E-state index contributed by atoms with van der Waals surface area (Å²) in [7, 11) is 0. The Morgan fingerprint density at radius 1 is 0.938 bits per heavy atom. The van der Waals surface area contributed by atoms with Gasteiger partial charge in [-0.05, 0) is 87.0 Å². The van der Waals surface area contributed by atoms with Crippen LogP contribution in [0.1, 0.15) is 37.6 Å². The van der Waals surface area contributed by atoms with Gasteiger partial charge in [0.1, 0.15) is 22.5 Å². The number of ether oxygens (including phenoxy) is 2. The zero-order valence-electron chi connectivity index (χ0n) is 18.4. The normalized spacial score (nSPS) is 11.8. The molecule has 1 heterocycles. The molecule has 1 N–H and O–H groups in total. The van der Waals surface area contributed by atoms with Crippen LogP contribution < -0.4 is 14.8 Å². The van der Waals surface area contributed by atoms with Crippen molar-refractivity contribution in [2.75, 3.05) is 11.9 Å². The number of aromatic nitrogens is 3.